The van der Waals surface area contributed by atoms with Gasteiger partial charge in [-0.25, -0.2) is 13.1 Å². The average Bonchev–Trinajstić information content (AvgIpc) is 2.80. The molecule has 0 aliphatic carbocycles. The number of nitrogens with one attached hydrogen (secondary N) is 3. The maximum absolute atomic E-state index is 11.8. The lowest BCUT2D eigenvalue weighted by Gasteiger charge is -2.06. The molecule has 1 amide bonds. The Morgan fingerprint density at radius 2 is 2.05 bits per heavy atom. The van der Waals surface area contributed by atoms with Crippen LogP contribution in [0, 0.1) is 0 Å². The van der Waals surface area contributed by atoms with Crippen LogP contribution in [0.2, 0.25) is 4.34 Å². The third kappa shape index (κ3) is 6.87. The first-order valence-corrected chi connectivity index (χ1v) is 8.30. The van der Waals surface area contributed by atoms with Gasteiger partial charge in [0.2, 0.25) is 5.91 Å². The Labute approximate surface area is 133 Å². The van der Waals surface area contributed by atoms with Crippen molar-refractivity contribution in [3.8, 4) is 0 Å². The SMILES string of the molecule is CNCCCNC(=O)CNS(=O)(=O)c1ccc(Cl)s1.Cl. The summed E-state index contributed by atoms with van der Waals surface area (Å²) in [6.07, 6.45) is 0.787. The summed E-state index contributed by atoms with van der Waals surface area (Å²) < 4.78 is 26.3. The van der Waals surface area contributed by atoms with Crippen molar-refractivity contribution in [3.63, 3.8) is 0 Å². The van der Waals surface area contributed by atoms with Crippen LogP contribution in [-0.2, 0) is 14.8 Å². The van der Waals surface area contributed by atoms with E-state index in [1.54, 1.807) is 0 Å². The second-order valence-corrected chi connectivity index (χ2v) is 7.40. The van der Waals surface area contributed by atoms with E-state index in [0.717, 1.165) is 24.3 Å². The predicted molar refractivity (Wildman–Crippen MR) is 83.3 cm³/mol. The highest BCUT2D eigenvalue weighted by Gasteiger charge is 2.17. The van der Waals surface area contributed by atoms with E-state index in [1.807, 2.05) is 7.05 Å². The first kappa shape index (κ1) is 19.6. The third-order valence-corrected chi connectivity index (χ3v) is 5.29. The Bertz CT molecular complexity index is 520. The van der Waals surface area contributed by atoms with Gasteiger partial charge in [-0.05, 0) is 32.1 Å². The van der Waals surface area contributed by atoms with E-state index in [9.17, 15) is 13.2 Å². The molecule has 10 heteroatoms. The second-order valence-electron chi connectivity index (χ2n) is 3.69. The topological polar surface area (TPSA) is 87.3 Å². The van der Waals surface area contributed by atoms with E-state index in [4.69, 9.17) is 11.6 Å². The van der Waals surface area contributed by atoms with Crippen molar-refractivity contribution < 1.29 is 13.2 Å². The van der Waals surface area contributed by atoms with Gasteiger partial charge in [0.25, 0.3) is 10.0 Å². The molecule has 1 heterocycles. The molecular weight excluding hydrogens is 345 g/mol. The van der Waals surface area contributed by atoms with Gasteiger partial charge in [-0.3, -0.25) is 4.79 Å². The fraction of sp³-hybridized carbons (Fsp3) is 0.500. The lowest BCUT2D eigenvalue weighted by atomic mass is 10.4. The van der Waals surface area contributed by atoms with Crippen LogP contribution >= 0.6 is 35.3 Å². The van der Waals surface area contributed by atoms with Crippen molar-refractivity contribution in [2.75, 3.05) is 26.7 Å². The van der Waals surface area contributed by atoms with Crippen LogP contribution in [0.25, 0.3) is 0 Å². The molecule has 0 aliphatic rings. The summed E-state index contributed by atoms with van der Waals surface area (Å²) in [5, 5.41) is 5.57. The van der Waals surface area contributed by atoms with Crippen LogP contribution < -0.4 is 15.4 Å². The summed E-state index contributed by atoms with van der Waals surface area (Å²) >= 11 is 6.61. The fourth-order valence-corrected chi connectivity index (χ4v) is 3.74. The van der Waals surface area contributed by atoms with Crippen LogP contribution in [0.5, 0.6) is 0 Å². The number of amides is 1. The maximum Gasteiger partial charge on any atom is 0.250 e. The fourth-order valence-electron chi connectivity index (χ4n) is 1.23. The smallest absolute Gasteiger partial charge is 0.250 e. The molecule has 0 atom stereocenters. The number of sulfonamides is 1. The van der Waals surface area contributed by atoms with Gasteiger partial charge in [0.1, 0.15) is 4.21 Å². The Balaban J connectivity index is 0.00000361. The van der Waals surface area contributed by atoms with Gasteiger partial charge in [-0.2, -0.15) is 0 Å². The largest absolute Gasteiger partial charge is 0.355 e. The van der Waals surface area contributed by atoms with Gasteiger partial charge in [-0.1, -0.05) is 11.6 Å². The van der Waals surface area contributed by atoms with Crippen molar-refractivity contribution in [1.82, 2.24) is 15.4 Å². The van der Waals surface area contributed by atoms with Crippen LogP contribution in [0.15, 0.2) is 16.3 Å². The number of thiophene rings is 1. The minimum absolute atomic E-state index is 0. The molecule has 0 aliphatic heterocycles. The molecule has 0 aromatic carbocycles. The Kier molecular flexibility index (Phi) is 9.36. The normalized spacial score (nSPS) is 10.9. The van der Waals surface area contributed by atoms with Gasteiger partial charge < -0.3 is 10.6 Å². The van der Waals surface area contributed by atoms with Gasteiger partial charge in [0.15, 0.2) is 0 Å². The number of hydrogen-bond donors (Lipinski definition) is 3. The molecule has 0 radical (unpaired) electrons. The lowest BCUT2D eigenvalue weighted by molar-refractivity contribution is -0.119. The molecule has 0 spiro atoms. The molecule has 20 heavy (non-hydrogen) atoms. The highest BCUT2D eigenvalue weighted by atomic mass is 35.5. The monoisotopic (exact) mass is 361 g/mol. The lowest BCUT2D eigenvalue weighted by Crippen LogP contribution is -2.37. The summed E-state index contributed by atoms with van der Waals surface area (Å²) in [6, 6.07) is 2.90. The highest BCUT2D eigenvalue weighted by Crippen LogP contribution is 2.25. The molecule has 1 aromatic rings. The molecule has 1 rings (SSSR count). The Hall–Kier alpha value is -0.380. The summed E-state index contributed by atoms with van der Waals surface area (Å²) in [7, 11) is -1.84. The first-order chi connectivity index (χ1) is 8.95. The highest BCUT2D eigenvalue weighted by molar-refractivity contribution is 7.91. The van der Waals surface area contributed by atoms with Gasteiger partial charge in [0.05, 0.1) is 10.9 Å². The molecule has 0 unspecified atom stereocenters. The molecular formula is C10H17Cl2N3O3S2. The summed E-state index contributed by atoms with van der Waals surface area (Å²) in [5.74, 6) is -0.359. The number of hydrogen-bond acceptors (Lipinski definition) is 5. The average molecular weight is 362 g/mol. The standard InChI is InChI=1S/C10H16ClN3O3S2.ClH/c1-12-5-2-6-13-9(15)7-14-19(16,17)10-4-3-8(11)18-10;/h3-4,12,14H,2,5-7H2,1H3,(H,13,15);1H. The maximum atomic E-state index is 11.8. The minimum Gasteiger partial charge on any atom is -0.355 e. The molecule has 116 valence electrons. The summed E-state index contributed by atoms with van der Waals surface area (Å²) in [4.78, 5) is 11.4. The van der Waals surface area contributed by atoms with Crippen molar-refractivity contribution in [3.05, 3.63) is 16.5 Å². The number of rotatable bonds is 8. The number of carbonyl (C=O) groups is 1. The van der Waals surface area contributed by atoms with E-state index < -0.39 is 10.0 Å². The Morgan fingerprint density at radius 1 is 1.35 bits per heavy atom. The van der Waals surface area contributed by atoms with E-state index in [2.05, 4.69) is 15.4 Å². The zero-order valence-electron chi connectivity index (χ0n) is 10.8. The second kappa shape index (κ2) is 9.54. The summed E-state index contributed by atoms with van der Waals surface area (Å²) in [5.41, 5.74) is 0. The summed E-state index contributed by atoms with van der Waals surface area (Å²) in [6.45, 7) is 1.02. The van der Waals surface area contributed by atoms with Crippen molar-refractivity contribution in [2.45, 2.75) is 10.6 Å². The zero-order valence-corrected chi connectivity index (χ0v) is 14.0. The molecule has 0 bridgehead atoms. The van der Waals surface area contributed by atoms with Crippen LogP contribution in [0.4, 0.5) is 0 Å². The minimum atomic E-state index is -3.66. The number of halogens is 2. The molecule has 0 saturated heterocycles. The van der Waals surface area contributed by atoms with E-state index in [1.165, 1.54) is 12.1 Å². The predicted octanol–water partition coefficient (Wildman–Crippen LogP) is 0.827. The van der Waals surface area contributed by atoms with Crippen LogP contribution in [-0.4, -0.2) is 41.0 Å². The van der Waals surface area contributed by atoms with Crippen molar-refractivity contribution in [2.24, 2.45) is 0 Å². The first-order valence-electron chi connectivity index (χ1n) is 5.62. The van der Waals surface area contributed by atoms with Gasteiger partial charge in [0, 0.05) is 6.54 Å². The van der Waals surface area contributed by atoms with Crippen LogP contribution in [0.1, 0.15) is 6.42 Å². The van der Waals surface area contributed by atoms with E-state index in [-0.39, 0.29) is 29.1 Å². The molecule has 1 aromatic heterocycles. The Morgan fingerprint density at radius 3 is 2.60 bits per heavy atom. The quantitative estimate of drug-likeness (QED) is 0.598. The third-order valence-electron chi connectivity index (χ3n) is 2.16. The van der Waals surface area contributed by atoms with Crippen LogP contribution in [0.3, 0.4) is 0 Å². The van der Waals surface area contributed by atoms with E-state index >= 15 is 0 Å². The number of carbonyl (C=O) groups excluding carboxylic acids is 1. The molecule has 0 fully saturated rings. The van der Waals surface area contributed by atoms with Crippen molar-refractivity contribution in [1.29, 1.82) is 0 Å². The van der Waals surface area contributed by atoms with E-state index in [0.29, 0.717) is 10.9 Å². The zero-order chi connectivity index (χ0) is 14.3. The molecule has 0 saturated carbocycles. The molecule has 3 N–H and O–H groups in total. The van der Waals surface area contributed by atoms with Gasteiger partial charge in [-0.15, -0.1) is 23.7 Å². The van der Waals surface area contributed by atoms with Gasteiger partial charge >= 0.3 is 0 Å². The van der Waals surface area contributed by atoms with Crippen molar-refractivity contribution >= 4 is 51.3 Å². The molecule has 6 nitrogen and oxygen atoms in total.